The summed E-state index contributed by atoms with van der Waals surface area (Å²) in [7, 11) is 0. The summed E-state index contributed by atoms with van der Waals surface area (Å²) in [4.78, 5) is 1.27. The highest BCUT2D eigenvalue weighted by Gasteiger charge is 2.07. The van der Waals surface area contributed by atoms with E-state index in [4.69, 9.17) is 11.6 Å². The number of hydrogen-bond donors (Lipinski definition) is 1. The van der Waals surface area contributed by atoms with Gasteiger partial charge >= 0.3 is 0 Å². The van der Waals surface area contributed by atoms with Crippen molar-refractivity contribution in [1.82, 2.24) is 5.32 Å². The molecule has 90 valence electrons. The molecule has 1 aromatic carbocycles. The van der Waals surface area contributed by atoms with Crippen LogP contribution < -0.4 is 5.32 Å². The van der Waals surface area contributed by atoms with Crippen LogP contribution >= 0.6 is 22.9 Å². The lowest BCUT2D eigenvalue weighted by atomic mass is 10.1. The molecular weight excluding hydrogens is 250 g/mol. The van der Waals surface area contributed by atoms with Crippen molar-refractivity contribution in [3.63, 3.8) is 0 Å². The highest BCUT2D eigenvalue weighted by Crippen LogP contribution is 2.30. The number of hydrogen-bond acceptors (Lipinski definition) is 2. The molecule has 2 aromatic rings. The van der Waals surface area contributed by atoms with Crippen molar-refractivity contribution in [1.29, 1.82) is 0 Å². The Balaban J connectivity index is 2.31. The lowest BCUT2D eigenvalue weighted by Gasteiger charge is -2.12. The van der Waals surface area contributed by atoms with E-state index in [0.29, 0.717) is 6.04 Å². The van der Waals surface area contributed by atoms with Crippen LogP contribution in [-0.2, 0) is 6.54 Å². The van der Waals surface area contributed by atoms with Gasteiger partial charge < -0.3 is 5.32 Å². The fourth-order valence-electron chi connectivity index (χ4n) is 1.68. The van der Waals surface area contributed by atoms with Gasteiger partial charge in [0.15, 0.2) is 0 Å². The van der Waals surface area contributed by atoms with Crippen LogP contribution in [-0.4, -0.2) is 6.04 Å². The number of benzene rings is 1. The minimum atomic E-state index is 0.488. The van der Waals surface area contributed by atoms with Crippen molar-refractivity contribution in [2.75, 3.05) is 0 Å². The molecule has 0 atom stereocenters. The normalized spacial score (nSPS) is 11.1. The standard InChI is InChI=1S/C14H16ClNS/c1-10(2)16-9-11-5-6-12(15)8-13(11)14-4-3-7-17-14/h3-8,10,16H,9H2,1-2H3. The van der Waals surface area contributed by atoms with Crippen LogP contribution in [0.25, 0.3) is 10.4 Å². The predicted molar refractivity (Wildman–Crippen MR) is 76.7 cm³/mol. The van der Waals surface area contributed by atoms with E-state index < -0.39 is 0 Å². The molecule has 0 saturated heterocycles. The molecule has 2 rings (SSSR count). The summed E-state index contributed by atoms with van der Waals surface area (Å²) < 4.78 is 0. The van der Waals surface area contributed by atoms with Crippen LogP contribution in [0.1, 0.15) is 19.4 Å². The first-order valence-electron chi connectivity index (χ1n) is 5.72. The Bertz CT molecular complexity index is 477. The van der Waals surface area contributed by atoms with Gasteiger partial charge in [-0.2, -0.15) is 0 Å². The Kier molecular flexibility index (Phi) is 4.21. The fourth-order valence-corrected chi connectivity index (χ4v) is 2.63. The van der Waals surface area contributed by atoms with Crippen LogP contribution in [0.3, 0.4) is 0 Å². The SMILES string of the molecule is CC(C)NCc1ccc(Cl)cc1-c1cccs1. The lowest BCUT2D eigenvalue weighted by molar-refractivity contribution is 0.589. The molecule has 0 bridgehead atoms. The van der Waals surface area contributed by atoms with Crippen molar-refractivity contribution < 1.29 is 0 Å². The van der Waals surface area contributed by atoms with E-state index in [0.717, 1.165) is 11.6 Å². The second kappa shape index (κ2) is 5.67. The van der Waals surface area contributed by atoms with Gasteiger partial charge in [-0.3, -0.25) is 0 Å². The summed E-state index contributed by atoms with van der Waals surface area (Å²) in [6.07, 6.45) is 0. The molecule has 0 amide bonds. The zero-order chi connectivity index (χ0) is 12.3. The van der Waals surface area contributed by atoms with E-state index in [2.05, 4.69) is 42.7 Å². The summed E-state index contributed by atoms with van der Waals surface area (Å²) >= 11 is 7.83. The Morgan fingerprint density at radius 2 is 2.12 bits per heavy atom. The molecular formula is C14H16ClNS. The molecule has 0 radical (unpaired) electrons. The molecule has 0 aliphatic carbocycles. The maximum Gasteiger partial charge on any atom is 0.0412 e. The van der Waals surface area contributed by atoms with Gasteiger partial charge in [0.25, 0.3) is 0 Å². The van der Waals surface area contributed by atoms with E-state index >= 15 is 0 Å². The second-order valence-electron chi connectivity index (χ2n) is 4.31. The van der Waals surface area contributed by atoms with Gasteiger partial charge in [0.1, 0.15) is 0 Å². The predicted octanol–water partition coefficient (Wildman–Crippen LogP) is 4.57. The van der Waals surface area contributed by atoms with Crippen LogP contribution in [0.15, 0.2) is 35.7 Å². The van der Waals surface area contributed by atoms with Crippen molar-refractivity contribution >= 4 is 22.9 Å². The van der Waals surface area contributed by atoms with Gasteiger partial charge in [-0.1, -0.05) is 37.6 Å². The fraction of sp³-hybridized carbons (Fsp3) is 0.286. The molecule has 17 heavy (non-hydrogen) atoms. The van der Waals surface area contributed by atoms with Crippen LogP contribution in [0.2, 0.25) is 5.02 Å². The maximum absolute atomic E-state index is 6.08. The highest BCUT2D eigenvalue weighted by atomic mass is 35.5. The first-order valence-corrected chi connectivity index (χ1v) is 6.98. The van der Waals surface area contributed by atoms with Gasteiger partial charge in [-0.05, 0) is 34.7 Å². The highest BCUT2D eigenvalue weighted by molar-refractivity contribution is 7.13. The minimum Gasteiger partial charge on any atom is -0.310 e. The van der Waals surface area contributed by atoms with Gasteiger partial charge in [0.05, 0.1) is 0 Å². The Morgan fingerprint density at radius 1 is 1.29 bits per heavy atom. The molecule has 3 heteroatoms. The first kappa shape index (κ1) is 12.6. The quantitative estimate of drug-likeness (QED) is 0.854. The Morgan fingerprint density at radius 3 is 2.76 bits per heavy atom. The van der Waals surface area contributed by atoms with Crippen LogP contribution in [0.4, 0.5) is 0 Å². The molecule has 0 aliphatic heterocycles. The van der Waals surface area contributed by atoms with E-state index in [1.54, 1.807) is 11.3 Å². The second-order valence-corrected chi connectivity index (χ2v) is 5.70. The molecule has 1 N–H and O–H groups in total. The number of halogens is 1. The summed E-state index contributed by atoms with van der Waals surface area (Å²) in [5, 5.41) is 6.33. The summed E-state index contributed by atoms with van der Waals surface area (Å²) in [6, 6.07) is 10.8. The largest absolute Gasteiger partial charge is 0.310 e. The van der Waals surface area contributed by atoms with E-state index in [1.165, 1.54) is 16.0 Å². The zero-order valence-electron chi connectivity index (χ0n) is 10.0. The third kappa shape index (κ3) is 3.32. The number of thiophene rings is 1. The topological polar surface area (TPSA) is 12.0 Å². The summed E-state index contributed by atoms with van der Waals surface area (Å²) in [6.45, 7) is 5.18. The Labute approximate surface area is 111 Å². The molecule has 0 fully saturated rings. The average molecular weight is 266 g/mol. The lowest BCUT2D eigenvalue weighted by Crippen LogP contribution is -2.22. The van der Waals surface area contributed by atoms with Gasteiger partial charge in [-0.25, -0.2) is 0 Å². The van der Waals surface area contributed by atoms with Crippen molar-refractivity contribution in [2.24, 2.45) is 0 Å². The summed E-state index contributed by atoms with van der Waals surface area (Å²) in [5.74, 6) is 0. The molecule has 0 saturated carbocycles. The molecule has 1 nitrogen and oxygen atoms in total. The Hall–Kier alpha value is -0.830. The third-order valence-corrected chi connectivity index (χ3v) is 3.70. The minimum absolute atomic E-state index is 0.488. The van der Waals surface area contributed by atoms with Crippen molar-refractivity contribution in [3.8, 4) is 10.4 Å². The van der Waals surface area contributed by atoms with Gasteiger partial charge in [-0.15, -0.1) is 11.3 Å². The molecule has 0 unspecified atom stereocenters. The first-order chi connectivity index (χ1) is 8.16. The van der Waals surface area contributed by atoms with E-state index in [-0.39, 0.29) is 0 Å². The van der Waals surface area contributed by atoms with Crippen LogP contribution in [0, 0.1) is 0 Å². The molecule has 0 spiro atoms. The number of rotatable bonds is 4. The molecule has 1 aromatic heterocycles. The van der Waals surface area contributed by atoms with Gasteiger partial charge in [0, 0.05) is 22.5 Å². The van der Waals surface area contributed by atoms with Gasteiger partial charge in [0.2, 0.25) is 0 Å². The molecule has 0 aliphatic rings. The van der Waals surface area contributed by atoms with Crippen molar-refractivity contribution in [2.45, 2.75) is 26.4 Å². The maximum atomic E-state index is 6.08. The molecule has 1 heterocycles. The number of nitrogens with one attached hydrogen (secondary N) is 1. The van der Waals surface area contributed by atoms with Crippen LogP contribution in [0.5, 0.6) is 0 Å². The van der Waals surface area contributed by atoms with Crippen molar-refractivity contribution in [3.05, 3.63) is 46.3 Å². The monoisotopic (exact) mass is 265 g/mol. The smallest absolute Gasteiger partial charge is 0.0412 e. The average Bonchev–Trinajstić information content (AvgIpc) is 2.80. The third-order valence-electron chi connectivity index (χ3n) is 2.56. The zero-order valence-corrected chi connectivity index (χ0v) is 11.6. The van der Waals surface area contributed by atoms with E-state index in [9.17, 15) is 0 Å². The summed E-state index contributed by atoms with van der Waals surface area (Å²) in [5.41, 5.74) is 2.53. The van der Waals surface area contributed by atoms with E-state index in [1.807, 2.05) is 12.1 Å².